The molecular weight excluding hydrogens is 407 g/mol. The van der Waals surface area contributed by atoms with Crippen molar-refractivity contribution in [3.05, 3.63) is 76.9 Å². The molecule has 0 atom stereocenters. The molecule has 3 heterocycles. The van der Waals surface area contributed by atoms with E-state index < -0.39 is 0 Å². The summed E-state index contributed by atoms with van der Waals surface area (Å²) in [7, 11) is 0. The van der Waals surface area contributed by atoms with E-state index in [1.54, 1.807) is 6.20 Å². The van der Waals surface area contributed by atoms with Crippen molar-refractivity contribution in [3.63, 3.8) is 0 Å². The molecule has 154 valence electrons. The van der Waals surface area contributed by atoms with Gasteiger partial charge in [-0.3, -0.25) is 9.78 Å². The molecule has 1 amide bonds. The number of carbonyl (C=O) groups excluding carboxylic acids is 1. The Kier molecular flexibility index (Phi) is 7.33. The Labute approximate surface area is 183 Å². The van der Waals surface area contributed by atoms with Crippen molar-refractivity contribution in [2.24, 2.45) is 0 Å². The molecule has 0 bridgehead atoms. The smallest absolute Gasteiger partial charge is 0.260 e. The van der Waals surface area contributed by atoms with E-state index >= 15 is 0 Å². The molecule has 0 radical (unpaired) electrons. The van der Waals surface area contributed by atoms with Crippen LogP contribution in [0.15, 0.2) is 48.7 Å². The lowest BCUT2D eigenvalue weighted by Crippen LogP contribution is -2.36. The molecule has 1 aliphatic rings. The van der Waals surface area contributed by atoms with E-state index in [9.17, 15) is 4.79 Å². The Hall–Kier alpha value is -2.50. The lowest BCUT2D eigenvalue weighted by molar-refractivity contribution is 0.0984. The van der Waals surface area contributed by atoms with E-state index in [2.05, 4.69) is 9.55 Å². The molecule has 2 N–H and O–H groups in total. The van der Waals surface area contributed by atoms with Crippen LogP contribution in [0.5, 0.6) is 0 Å². The number of carbonyl (C=O) groups is 1. The number of halogens is 2. The monoisotopic (exact) mass is 432 g/mol. The number of fused-ring (bicyclic) bond motifs is 1. The van der Waals surface area contributed by atoms with Crippen LogP contribution in [0.1, 0.15) is 39.4 Å². The molecule has 4 rings (SSSR count). The fourth-order valence-corrected chi connectivity index (χ4v) is 3.92. The van der Waals surface area contributed by atoms with Gasteiger partial charge in [0, 0.05) is 35.5 Å². The van der Waals surface area contributed by atoms with E-state index in [-0.39, 0.29) is 30.7 Å². The summed E-state index contributed by atoms with van der Waals surface area (Å²) in [6, 6.07) is 13.7. The number of benzene rings is 1. The summed E-state index contributed by atoms with van der Waals surface area (Å²) < 4.78 is 2.15. The van der Waals surface area contributed by atoms with E-state index in [0.717, 1.165) is 59.0 Å². The molecule has 1 aliphatic heterocycles. The van der Waals surface area contributed by atoms with Crippen molar-refractivity contribution in [1.29, 1.82) is 0 Å². The zero-order valence-corrected chi connectivity index (χ0v) is 18.2. The number of nitrogens with two attached hydrogens (primary N) is 1. The zero-order chi connectivity index (χ0) is 19.0. The molecule has 0 aliphatic carbocycles. The normalized spacial score (nSPS) is 12.6. The van der Waals surface area contributed by atoms with Crippen molar-refractivity contribution in [2.45, 2.75) is 33.2 Å². The van der Waals surface area contributed by atoms with Crippen LogP contribution in [0.3, 0.4) is 0 Å². The molecule has 0 saturated heterocycles. The van der Waals surface area contributed by atoms with Gasteiger partial charge in [0.1, 0.15) is 0 Å². The van der Waals surface area contributed by atoms with Gasteiger partial charge in [0.25, 0.3) is 5.91 Å². The second kappa shape index (κ2) is 9.33. The Morgan fingerprint density at radius 2 is 1.93 bits per heavy atom. The molecule has 7 heteroatoms. The fourth-order valence-electron chi connectivity index (χ4n) is 3.92. The number of pyridine rings is 1. The highest BCUT2D eigenvalue weighted by molar-refractivity contribution is 6.08. The molecule has 0 fully saturated rings. The van der Waals surface area contributed by atoms with Crippen molar-refractivity contribution < 1.29 is 4.79 Å². The van der Waals surface area contributed by atoms with Crippen LogP contribution in [-0.2, 0) is 13.0 Å². The molecule has 3 aromatic rings. The molecule has 0 saturated carbocycles. The van der Waals surface area contributed by atoms with Gasteiger partial charge < -0.3 is 15.2 Å². The number of rotatable bonds is 3. The zero-order valence-electron chi connectivity index (χ0n) is 16.6. The predicted molar refractivity (Wildman–Crippen MR) is 123 cm³/mol. The largest absolute Gasteiger partial charge is 0.398 e. The maximum atomic E-state index is 13.4. The van der Waals surface area contributed by atoms with Gasteiger partial charge in [-0.1, -0.05) is 12.1 Å². The summed E-state index contributed by atoms with van der Waals surface area (Å²) >= 11 is 0. The first-order chi connectivity index (χ1) is 13.1. The Morgan fingerprint density at radius 3 is 2.66 bits per heavy atom. The van der Waals surface area contributed by atoms with Crippen molar-refractivity contribution in [2.75, 3.05) is 17.2 Å². The molecular formula is C22H26Cl2N4O. The van der Waals surface area contributed by atoms with Crippen molar-refractivity contribution in [1.82, 2.24) is 9.55 Å². The maximum absolute atomic E-state index is 13.4. The molecule has 5 nitrogen and oxygen atoms in total. The number of nitrogens with zero attached hydrogens (tertiary/aromatic N) is 3. The fraction of sp³-hybridized carbons (Fsp3) is 0.273. The Morgan fingerprint density at radius 1 is 1.14 bits per heavy atom. The van der Waals surface area contributed by atoms with Crippen LogP contribution in [0.4, 0.5) is 11.4 Å². The minimum absolute atomic E-state index is 0. The number of aromatic nitrogens is 2. The van der Waals surface area contributed by atoms with Crippen LogP contribution < -0.4 is 10.6 Å². The van der Waals surface area contributed by atoms with Gasteiger partial charge in [-0.15, -0.1) is 24.8 Å². The highest BCUT2D eigenvalue weighted by atomic mass is 35.5. The summed E-state index contributed by atoms with van der Waals surface area (Å²) in [5, 5.41) is 0. The third kappa shape index (κ3) is 4.26. The first kappa shape index (κ1) is 22.8. The molecule has 0 unspecified atom stereocenters. The topological polar surface area (TPSA) is 64.2 Å². The standard InChI is InChI=1S/C22H24N4O.2ClH/c1-15-13-19(16(2)26(15)14-17-7-3-4-11-24-17)22(27)25-12-6-8-18-20(23)9-5-10-21(18)25;;/h3-5,7,9-11,13H,6,8,12,14,23H2,1-2H3;2*1H. The summed E-state index contributed by atoms with van der Waals surface area (Å²) in [4.78, 5) is 19.7. The number of hydrogen-bond donors (Lipinski definition) is 1. The van der Waals surface area contributed by atoms with Crippen LogP contribution in [0.2, 0.25) is 0 Å². The van der Waals surface area contributed by atoms with Gasteiger partial charge in [0.2, 0.25) is 0 Å². The molecule has 29 heavy (non-hydrogen) atoms. The average molecular weight is 433 g/mol. The lowest BCUT2D eigenvalue weighted by atomic mass is 9.99. The number of amides is 1. The summed E-state index contributed by atoms with van der Waals surface area (Å²) in [6.07, 6.45) is 3.65. The summed E-state index contributed by atoms with van der Waals surface area (Å²) in [5.74, 6) is 0.0434. The number of aryl methyl sites for hydroxylation is 1. The van der Waals surface area contributed by atoms with E-state index in [0.29, 0.717) is 6.54 Å². The number of anilines is 2. The average Bonchev–Trinajstić information content (AvgIpc) is 2.96. The van der Waals surface area contributed by atoms with Gasteiger partial charge >= 0.3 is 0 Å². The van der Waals surface area contributed by atoms with Crippen molar-refractivity contribution in [3.8, 4) is 0 Å². The first-order valence-corrected chi connectivity index (χ1v) is 9.32. The second-order valence-corrected chi connectivity index (χ2v) is 7.10. The highest BCUT2D eigenvalue weighted by Crippen LogP contribution is 2.33. The third-order valence-corrected chi connectivity index (χ3v) is 5.38. The van der Waals surface area contributed by atoms with Gasteiger partial charge in [-0.05, 0) is 62.6 Å². The van der Waals surface area contributed by atoms with Gasteiger partial charge in [0.15, 0.2) is 0 Å². The summed E-state index contributed by atoms with van der Waals surface area (Å²) in [6.45, 7) is 5.43. The highest BCUT2D eigenvalue weighted by Gasteiger charge is 2.27. The van der Waals surface area contributed by atoms with Crippen LogP contribution in [0.25, 0.3) is 0 Å². The van der Waals surface area contributed by atoms with E-state index in [4.69, 9.17) is 5.73 Å². The van der Waals surface area contributed by atoms with E-state index in [1.807, 2.05) is 61.2 Å². The van der Waals surface area contributed by atoms with E-state index in [1.165, 1.54) is 0 Å². The predicted octanol–water partition coefficient (Wildman–Crippen LogP) is 4.57. The Balaban J connectivity index is 0.00000150. The Bertz CT molecular complexity index is 1000. The molecule has 1 aromatic carbocycles. The number of nitrogen functional groups attached to an aromatic ring is 1. The van der Waals surface area contributed by atoms with Crippen LogP contribution >= 0.6 is 24.8 Å². The van der Waals surface area contributed by atoms with Gasteiger partial charge in [-0.2, -0.15) is 0 Å². The number of hydrogen-bond acceptors (Lipinski definition) is 3. The molecule has 2 aromatic heterocycles. The third-order valence-electron chi connectivity index (χ3n) is 5.38. The maximum Gasteiger partial charge on any atom is 0.260 e. The quantitative estimate of drug-likeness (QED) is 0.616. The first-order valence-electron chi connectivity index (χ1n) is 9.32. The summed E-state index contributed by atoms with van der Waals surface area (Å²) in [5.41, 5.74) is 12.7. The minimum atomic E-state index is 0. The van der Waals surface area contributed by atoms with Gasteiger partial charge in [0.05, 0.1) is 17.8 Å². The lowest BCUT2D eigenvalue weighted by Gasteiger charge is -2.30. The van der Waals surface area contributed by atoms with Gasteiger partial charge in [-0.25, -0.2) is 0 Å². The van der Waals surface area contributed by atoms with Crippen LogP contribution in [0, 0.1) is 13.8 Å². The molecule has 0 spiro atoms. The minimum Gasteiger partial charge on any atom is -0.398 e. The second-order valence-electron chi connectivity index (χ2n) is 7.10. The van der Waals surface area contributed by atoms with Crippen LogP contribution in [-0.4, -0.2) is 22.0 Å². The SMILES string of the molecule is Cc1cc(C(=O)N2CCCc3c(N)cccc32)c(C)n1Cc1ccccn1.Cl.Cl. The van der Waals surface area contributed by atoms with Crippen molar-refractivity contribution >= 4 is 42.1 Å².